The molecule has 1 aliphatic rings. The first-order valence-electron chi connectivity index (χ1n) is 10.6. The number of amides is 2. The normalized spacial score (nSPS) is 14.2. The number of halogens is 1. The Morgan fingerprint density at radius 2 is 1.94 bits per heavy atom. The van der Waals surface area contributed by atoms with Crippen molar-refractivity contribution < 1.29 is 23.5 Å². The van der Waals surface area contributed by atoms with Gasteiger partial charge in [-0.3, -0.25) is 9.59 Å². The van der Waals surface area contributed by atoms with E-state index in [-0.39, 0.29) is 11.7 Å². The zero-order valence-corrected chi connectivity index (χ0v) is 18.6. The van der Waals surface area contributed by atoms with Gasteiger partial charge in [0.15, 0.2) is 6.61 Å². The van der Waals surface area contributed by atoms with Gasteiger partial charge in [0.2, 0.25) is 5.91 Å². The highest BCUT2D eigenvalue weighted by Gasteiger charge is 2.21. The van der Waals surface area contributed by atoms with E-state index < -0.39 is 24.5 Å². The molecule has 33 heavy (non-hydrogen) atoms. The molecule has 2 amide bonds. The molecule has 1 aromatic heterocycles. The quantitative estimate of drug-likeness (QED) is 0.508. The first kappa shape index (κ1) is 22.7. The molecule has 0 spiro atoms. The van der Waals surface area contributed by atoms with E-state index in [1.165, 1.54) is 23.5 Å². The molecule has 0 aliphatic carbocycles. The van der Waals surface area contributed by atoms with Crippen LogP contribution >= 0.6 is 11.3 Å². The molecule has 0 saturated carbocycles. The molecular formula is C25H23FN2O4S. The monoisotopic (exact) mass is 466 g/mol. The van der Waals surface area contributed by atoms with Crippen molar-refractivity contribution in [3.63, 3.8) is 0 Å². The summed E-state index contributed by atoms with van der Waals surface area (Å²) in [6.07, 6.45) is 1.40. The van der Waals surface area contributed by atoms with Gasteiger partial charge in [0.05, 0.1) is 11.6 Å². The third-order valence-electron chi connectivity index (χ3n) is 5.38. The number of carbonyl (C=O) groups excluding carboxylic acids is 3. The maximum absolute atomic E-state index is 13.3. The van der Waals surface area contributed by atoms with Crippen LogP contribution in [0.15, 0.2) is 66.0 Å². The van der Waals surface area contributed by atoms with E-state index in [1.54, 1.807) is 35.2 Å². The SMILES string of the molecule is O=C(COC(=O)c1cccc(CN2CCCC2=O)c1)N[C@H](c1ccc(F)cc1)c1cccs1. The first-order chi connectivity index (χ1) is 16.0. The lowest BCUT2D eigenvalue weighted by Gasteiger charge is -2.18. The lowest BCUT2D eigenvalue weighted by molar-refractivity contribution is -0.128. The van der Waals surface area contributed by atoms with Crippen molar-refractivity contribution in [2.24, 2.45) is 0 Å². The molecule has 4 rings (SSSR count). The number of nitrogens with zero attached hydrogens (tertiary/aromatic N) is 1. The highest BCUT2D eigenvalue weighted by Crippen LogP contribution is 2.26. The van der Waals surface area contributed by atoms with Crippen LogP contribution in [0.25, 0.3) is 0 Å². The molecule has 8 heteroatoms. The number of carbonyl (C=O) groups is 3. The molecule has 170 valence electrons. The van der Waals surface area contributed by atoms with Gasteiger partial charge in [-0.2, -0.15) is 0 Å². The fraction of sp³-hybridized carbons (Fsp3) is 0.240. The summed E-state index contributed by atoms with van der Waals surface area (Å²) in [5, 5.41) is 4.74. The zero-order valence-electron chi connectivity index (χ0n) is 17.8. The maximum atomic E-state index is 13.3. The van der Waals surface area contributed by atoms with Crippen LogP contribution in [0.1, 0.15) is 45.2 Å². The van der Waals surface area contributed by atoms with Crippen LogP contribution < -0.4 is 5.32 Å². The van der Waals surface area contributed by atoms with Crippen LogP contribution in [-0.4, -0.2) is 35.8 Å². The smallest absolute Gasteiger partial charge is 0.338 e. The van der Waals surface area contributed by atoms with Crippen LogP contribution in [0.5, 0.6) is 0 Å². The fourth-order valence-electron chi connectivity index (χ4n) is 3.73. The molecule has 3 aromatic rings. The van der Waals surface area contributed by atoms with Gasteiger partial charge >= 0.3 is 5.97 Å². The van der Waals surface area contributed by atoms with Crippen LogP contribution in [-0.2, 0) is 20.9 Å². The van der Waals surface area contributed by atoms with E-state index >= 15 is 0 Å². The Kier molecular flexibility index (Phi) is 7.14. The van der Waals surface area contributed by atoms with Crippen molar-refractivity contribution in [2.75, 3.05) is 13.2 Å². The Bertz CT molecular complexity index is 1130. The maximum Gasteiger partial charge on any atom is 0.338 e. The van der Waals surface area contributed by atoms with Crippen LogP contribution in [0.4, 0.5) is 4.39 Å². The average molecular weight is 467 g/mol. The summed E-state index contributed by atoms with van der Waals surface area (Å²) in [4.78, 5) is 39.5. The molecule has 1 fully saturated rings. The molecule has 1 N–H and O–H groups in total. The molecule has 1 atom stereocenters. The van der Waals surface area contributed by atoms with E-state index in [0.29, 0.717) is 25.1 Å². The van der Waals surface area contributed by atoms with Gasteiger partial charge < -0.3 is 15.0 Å². The number of likely N-dealkylation sites (tertiary alicyclic amines) is 1. The summed E-state index contributed by atoms with van der Waals surface area (Å²) in [6.45, 7) is 0.713. The number of esters is 1. The number of hydrogen-bond acceptors (Lipinski definition) is 5. The topological polar surface area (TPSA) is 75.7 Å². The Balaban J connectivity index is 1.36. The molecule has 0 bridgehead atoms. The number of rotatable bonds is 8. The van der Waals surface area contributed by atoms with E-state index in [9.17, 15) is 18.8 Å². The Labute approximate surface area is 195 Å². The summed E-state index contributed by atoms with van der Waals surface area (Å²) < 4.78 is 18.5. The number of thiophene rings is 1. The van der Waals surface area contributed by atoms with E-state index in [0.717, 1.165) is 22.4 Å². The third kappa shape index (κ3) is 5.84. The number of ether oxygens (including phenoxy) is 1. The molecule has 0 radical (unpaired) electrons. The molecule has 1 saturated heterocycles. The second kappa shape index (κ2) is 10.4. The van der Waals surface area contributed by atoms with Crippen molar-refractivity contribution in [3.8, 4) is 0 Å². The highest BCUT2D eigenvalue weighted by molar-refractivity contribution is 7.10. The third-order valence-corrected chi connectivity index (χ3v) is 6.32. The number of benzene rings is 2. The second-order valence-electron chi connectivity index (χ2n) is 7.76. The van der Waals surface area contributed by atoms with Crippen molar-refractivity contribution >= 4 is 29.1 Å². The fourth-order valence-corrected chi connectivity index (χ4v) is 4.54. The largest absolute Gasteiger partial charge is 0.452 e. The molecule has 1 aliphatic heterocycles. The summed E-state index contributed by atoms with van der Waals surface area (Å²) in [5.41, 5.74) is 1.88. The lowest BCUT2D eigenvalue weighted by Crippen LogP contribution is -2.32. The van der Waals surface area contributed by atoms with Gasteiger partial charge in [0.25, 0.3) is 5.91 Å². The van der Waals surface area contributed by atoms with Gasteiger partial charge in [-0.1, -0.05) is 30.3 Å². The van der Waals surface area contributed by atoms with E-state index in [4.69, 9.17) is 4.74 Å². The minimum Gasteiger partial charge on any atom is -0.452 e. The first-order valence-corrected chi connectivity index (χ1v) is 11.5. The predicted octanol–water partition coefficient (Wildman–Crippen LogP) is 4.07. The van der Waals surface area contributed by atoms with Crippen molar-refractivity contribution in [1.29, 1.82) is 0 Å². The summed E-state index contributed by atoms with van der Waals surface area (Å²) in [5.74, 6) is -1.33. The molecule has 0 unspecified atom stereocenters. The highest BCUT2D eigenvalue weighted by atomic mass is 32.1. The van der Waals surface area contributed by atoms with Crippen molar-refractivity contribution in [3.05, 3.63) is 93.4 Å². The average Bonchev–Trinajstić information content (AvgIpc) is 3.49. The Hall–Kier alpha value is -3.52. The minimum atomic E-state index is -0.616. The number of nitrogens with one attached hydrogen (secondary N) is 1. The Morgan fingerprint density at radius 3 is 2.64 bits per heavy atom. The second-order valence-corrected chi connectivity index (χ2v) is 8.74. The molecule has 6 nitrogen and oxygen atoms in total. The molecule has 2 aromatic carbocycles. The minimum absolute atomic E-state index is 0.112. The van der Waals surface area contributed by atoms with E-state index in [2.05, 4.69) is 5.32 Å². The predicted molar refractivity (Wildman–Crippen MR) is 122 cm³/mol. The van der Waals surface area contributed by atoms with Crippen molar-refractivity contribution in [2.45, 2.75) is 25.4 Å². The van der Waals surface area contributed by atoms with Gasteiger partial charge in [0, 0.05) is 24.4 Å². The summed E-state index contributed by atoms with van der Waals surface area (Å²) >= 11 is 1.46. The summed E-state index contributed by atoms with van der Waals surface area (Å²) in [6, 6.07) is 16.0. The molecule has 2 heterocycles. The van der Waals surface area contributed by atoms with Gasteiger partial charge in [-0.05, 0) is 53.3 Å². The van der Waals surface area contributed by atoms with E-state index in [1.807, 2.05) is 23.6 Å². The Morgan fingerprint density at radius 1 is 1.12 bits per heavy atom. The van der Waals surface area contributed by atoms with Gasteiger partial charge in [-0.25, -0.2) is 9.18 Å². The zero-order chi connectivity index (χ0) is 23.2. The van der Waals surface area contributed by atoms with Gasteiger partial charge in [-0.15, -0.1) is 11.3 Å². The van der Waals surface area contributed by atoms with Crippen LogP contribution in [0.3, 0.4) is 0 Å². The lowest BCUT2D eigenvalue weighted by atomic mass is 10.1. The van der Waals surface area contributed by atoms with Crippen LogP contribution in [0, 0.1) is 5.82 Å². The van der Waals surface area contributed by atoms with Crippen LogP contribution in [0.2, 0.25) is 0 Å². The molecular weight excluding hydrogens is 443 g/mol. The van der Waals surface area contributed by atoms with Crippen molar-refractivity contribution in [1.82, 2.24) is 10.2 Å². The summed E-state index contributed by atoms with van der Waals surface area (Å²) in [7, 11) is 0. The standard InChI is InChI=1S/C25H23FN2O4S/c26-20-10-8-18(9-11-20)24(21-6-3-13-33-21)27-22(29)16-32-25(31)19-5-1-4-17(14-19)15-28-12-2-7-23(28)30/h1,3-6,8-11,13-14,24H,2,7,12,15-16H2,(H,27,29)/t24-/m1/s1. The number of hydrogen-bond donors (Lipinski definition) is 1. The van der Waals surface area contributed by atoms with Gasteiger partial charge in [0.1, 0.15) is 5.82 Å².